The Balaban J connectivity index is 1.56. The first-order chi connectivity index (χ1) is 14.3. The van der Waals surface area contributed by atoms with Crippen molar-refractivity contribution < 1.29 is 13.2 Å². The molecule has 0 aliphatic heterocycles. The smallest absolute Gasteiger partial charge is 0.242 e. The number of hydrogen-bond acceptors (Lipinski definition) is 6. The SMILES string of the molecule is CN(C)S(=O)(=O)c1ccc(NC(=O)CSc2nnc(Cc3ccccc3)n2C)cc1. The number of thioether (sulfide) groups is 1. The van der Waals surface area contributed by atoms with Crippen LogP contribution in [-0.2, 0) is 28.3 Å². The van der Waals surface area contributed by atoms with E-state index in [1.807, 2.05) is 41.9 Å². The topological polar surface area (TPSA) is 97.2 Å². The lowest BCUT2D eigenvalue weighted by Crippen LogP contribution is -2.22. The monoisotopic (exact) mass is 445 g/mol. The summed E-state index contributed by atoms with van der Waals surface area (Å²) in [6, 6.07) is 16.1. The Bertz CT molecular complexity index is 1110. The number of nitrogens with one attached hydrogen (secondary N) is 1. The molecule has 0 saturated carbocycles. The molecule has 158 valence electrons. The second kappa shape index (κ2) is 9.41. The second-order valence-electron chi connectivity index (χ2n) is 6.77. The van der Waals surface area contributed by atoms with Gasteiger partial charge in [0.25, 0.3) is 0 Å². The largest absolute Gasteiger partial charge is 0.325 e. The van der Waals surface area contributed by atoms with Crippen molar-refractivity contribution in [2.24, 2.45) is 7.05 Å². The van der Waals surface area contributed by atoms with Gasteiger partial charge >= 0.3 is 0 Å². The van der Waals surface area contributed by atoms with Crippen molar-refractivity contribution in [2.75, 3.05) is 25.2 Å². The molecule has 0 saturated heterocycles. The van der Waals surface area contributed by atoms with Gasteiger partial charge < -0.3 is 9.88 Å². The molecule has 3 aromatic rings. The molecule has 0 atom stereocenters. The normalized spacial score (nSPS) is 11.6. The van der Waals surface area contributed by atoms with Gasteiger partial charge in [-0.1, -0.05) is 42.1 Å². The number of hydrogen-bond donors (Lipinski definition) is 1. The Morgan fingerprint density at radius 3 is 2.37 bits per heavy atom. The van der Waals surface area contributed by atoms with Crippen molar-refractivity contribution in [2.45, 2.75) is 16.5 Å². The maximum atomic E-state index is 12.3. The maximum Gasteiger partial charge on any atom is 0.242 e. The Morgan fingerprint density at radius 2 is 1.73 bits per heavy atom. The molecule has 0 unspecified atom stereocenters. The van der Waals surface area contributed by atoms with Gasteiger partial charge in [0.05, 0.1) is 10.6 Å². The molecule has 0 bridgehead atoms. The van der Waals surface area contributed by atoms with Gasteiger partial charge in [-0.15, -0.1) is 10.2 Å². The number of sulfonamides is 1. The van der Waals surface area contributed by atoms with Crippen molar-refractivity contribution in [1.29, 1.82) is 0 Å². The lowest BCUT2D eigenvalue weighted by atomic mass is 10.1. The summed E-state index contributed by atoms with van der Waals surface area (Å²) in [4.78, 5) is 12.4. The number of carbonyl (C=O) groups excluding carboxylic acids is 1. The van der Waals surface area contributed by atoms with Gasteiger partial charge in [-0.3, -0.25) is 4.79 Å². The molecule has 30 heavy (non-hydrogen) atoms. The average Bonchev–Trinajstić information content (AvgIpc) is 3.07. The lowest BCUT2D eigenvalue weighted by molar-refractivity contribution is -0.113. The summed E-state index contributed by atoms with van der Waals surface area (Å²) >= 11 is 1.29. The van der Waals surface area contributed by atoms with Crippen LogP contribution in [0.4, 0.5) is 5.69 Å². The van der Waals surface area contributed by atoms with E-state index >= 15 is 0 Å². The van der Waals surface area contributed by atoms with Crippen LogP contribution in [0.1, 0.15) is 11.4 Å². The fourth-order valence-corrected chi connectivity index (χ4v) is 4.28. The van der Waals surface area contributed by atoms with E-state index in [4.69, 9.17) is 0 Å². The van der Waals surface area contributed by atoms with E-state index in [0.717, 1.165) is 15.7 Å². The summed E-state index contributed by atoms with van der Waals surface area (Å²) < 4.78 is 27.2. The second-order valence-corrected chi connectivity index (χ2v) is 9.86. The molecular formula is C20H23N5O3S2. The summed E-state index contributed by atoms with van der Waals surface area (Å²) in [5.41, 5.74) is 1.67. The molecule has 0 aliphatic carbocycles. The molecule has 10 heteroatoms. The van der Waals surface area contributed by atoms with Crippen LogP contribution in [0.2, 0.25) is 0 Å². The number of anilines is 1. The van der Waals surface area contributed by atoms with Crippen LogP contribution in [0.5, 0.6) is 0 Å². The third-order valence-corrected chi connectivity index (χ3v) is 7.23. The highest BCUT2D eigenvalue weighted by Gasteiger charge is 2.17. The van der Waals surface area contributed by atoms with Crippen LogP contribution in [0.3, 0.4) is 0 Å². The summed E-state index contributed by atoms with van der Waals surface area (Å²) in [5, 5.41) is 11.8. The van der Waals surface area contributed by atoms with Crippen LogP contribution in [0, 0.1) is 0 Å². The van der Waals surface area contributed by atoms with Crippen LogP contribution < -0.4 is 5.32 Å². The minimum atomic E-state index is -3.49. The van der Waals surface area contributed by atoms with E-state index in [1.165, 1.54) is 38.0 Å². The van der Waals surface area contributed by atoms with E-state index in [9.17, 15) is 13.2 Å². The minimum absolute atomic E-state index is 0.162. The van der Waals surface area contributed by atoms with E-state index < -0.39 is 10.0 Å². The summed E-state index contributed by atoms with van der Waals surface area (Å²) in [5.74, 6) is 0.771. The van der Waals surface area contributed by atoms with Crippen LogP contribution in [0.15, 0.2) is 64.6 Å². The molecule has 2 aromatic carbocycles. The Kier molecular flexibility index (Phi) is 6.91. The number of nitrogens with zero attached hydrogens (tertiary/aromatic N) is 4. The van der Waals surface area contributed by atoms with Crippen molar-refractivity contribution >= 4 is 33.4 Å². The first-order valence-corrected chi connectivity index (χ1v) is 11.6. The highest BCUT2D eigenvalue weighted by Crippen LogP contribution is 2.19. The molecule has 8 nitrogen and oxygen atoms in total. The maximum absolute atomic E-state index is 12.3. The van der Waals surface area contributed by atoms with Gasteiger partial charge in [0.1, 0.15) is 5.82 Å². The van der Waals surface area contributed by atoms with Crippen LogP contribution in [-0.4, -0.2) is 53.2 Å². The average molecular weight is 446 g/mol. The quantitative estimate of drug-likeness (QED) is 0.535. The van der Waals surface area contributed by atoms with E-state index in [-0.39, 0.29) is 16.6 Å². The van der Waals surface area contributed by atoms with E-state index in [1.54, 1.807) is 12.1 Å². The van der Waals surface area contributed by atoms with Crippen molar-refractivity contribution in [3.8, 4) is 0 Å². The van der Waals surface area contributed by atoms with Crippen LogP contribution >= 0.6 is 11.8 Å². The zero-order chi connectivity index (χ0) is 21.7. The van der Waals surface area contributed by atoms with E-state index in [0.29, 0.717) is 17.3 Å². The number of benzene rings is 2. The fourth-order valence-electron chi connectivity index (χ4n) is 2.65. The van der Waals surface area contributed by atoms with Gasteiger partial charge in [-0.05, 0) is 29.8 Å². The molecule has 1 heterocycles. The summed E-state index contributed by atoms with van der Waals surface area (Å²) in [6.45, 7) is 0. The predicted molar refractivity (Wildman–Crippen MR) is 117 cm³/mol. The van der Waals surface area contributed by atoms with Gasteiger partial charge in [0.2, 0.25) is 15.9 Å². The van der Waals surface area contributed by atoms with Gasteiger partial charge in [-0.2, -0.15) is 0 Å². The lowest BCUT2D eigenvalue weighted by Gasteiger charge is -2.12. The van der Waals surface area contributed by atoms with Gasteiger partial charge in [-0.25, -0.2) is 12.7 Å². The molecule has 0 radical (unpaired) electrons. The Hall–Kier alpha value is -2.69. The summed E-state index contributed by atoms with van der Waals surface area (Å²) in [6.07, 6.45) is 0.666. The molecular weight excluding hydrogens is 422 g/mol. The highest BCUT2D eigenvalue weighted by atomic mass is 32.2. The number of rotatable bonds is 8. The Morgan fingerprint density at radius 1 is 1.07 bits per heavy atom. The molecule has 1 N–H and O–H groups in total. The van der Waals surface area contributed by atoms with Crippen molar-refractivity contribution in [1.82, 2.24) is 19.1 Å². The summed E-state index contributed by atoms with van der Waals surface area (Å²) in [7, 11) is 1.33. The van der Waals surface area contributed by atoms with E-state index in [2.05, 4.69) is 15.5 Å². The minimum Gasteiger partial charge on any atom is -0.325 e. The third kappa shape index (κ3) is 5.26. The first kappa shape index (κ1) is 22.0. The molecule has 0 fully saturated rings. The molecule has 1 aromatic heterocycles. The standard InChI is InChI=1S/C20H23N5O3S2/c1-24(2)30(27,28)17-11-9-16(10-12-17)21-19(26)14-29-20-23-22-18(25(20)3)13-15-7-5-4-6-8-15/h4-12H,13-14H2,1-3H3,(H,21,26). The zero-order valence-corrected chi connectivity index (χ0v) is 18.6. The number of carbonyl (C=O) groups is 1. The van der Waals surface area contributed by atoms with Crippen LogP contribution in [0.25, 0.3) is 0 Å². The zero-order valence-electron chi connectivity index (χ0n) is 16.9. The fraction of sp³-hybridized carbons (Fsp3) is 0.250. The third-order valence-electron chi connectivity index (χ3n) is 4.38. The molecule has 1 amide bonds. The molecule has 0 spiro atoms. The van der Waals surface area contributed by atoms with Gasteiger partial charge in [0.15, 0.2) is 5.16 Å². The number of amides is 1. The number of aromatic nitrogens is 3. The van der Waals surface area contributed by atoms with Gasteiger partial charge in [0, 0.05) is 33.3 Å². The predicted octanol–water partition coefficient (Wildman–Crippen LogP) is 2.39. The highest BCUT2D eigenvalue weighted by molar-refractivity contribution is 7.99. The Labute approximate surface area is 180 Å². The molecule has 0 aliphatic rings. The van der Waals surface area contributed by atoms with Crippen molar-refractivity contribution in [3.05, 3.63) is 66.0 Å². The first-order valence-electron chi connectivity index (χ1n) is 9.15. The molecule has 3 rings (SSSR count). The van der Waals surface area contributed by atoms with Crippen molar-refractivity contribution in [3.63, 3.8) is 0 Å².